The summed E-state index contributed by atoms with van der Waals surface area (Å²) in [5, 5.41) is 9.69. The molecule has 2 atom stereocenters. The molecule has 9 heteroatoms. The van der Waals surface area contributed by atoms with Crippen molar-refractivity contribution in [2.24, 2.45) is 0 Å². The second-order valence-corrected chi connectivity index (χ2v) is 20.6. The van der Waals surface area contributed by atoms with Crippen molar-refractivity contribution in [1.82, 2.24) is 0 Å². The van der Waals surface area contributed by atoms with Crippen LogP contribution in [0.25, 0.3) is 0 Å². The molecule has 0 aliphatic rings. The van der Waals surface area contributed by atoms with E-state index in [9.17, 15) is 19.5 Å². The lowest BCUT2D eigenvalue weighted by Gasteiger charge is -2.25. The third-order valence-electron chi connectivity index (χ3n) is 12.8. The van der Waals surface area contributed by atoms with Crippen LogP contribution in [0.15, 0.2) is 12.2 Å². The zero-order valence-electron chi connectivity index (χ0n) is 44.4. The van der Waals surface area contributed by atoms with Crippen LogP contribution in [-0.4, -0.2) is 87.4 Å². The van der Waals surface area contributed by atoms with E-state index in [4.69, 9.17) is 18.9 Å². The first-order chi connectivity index (χ1) is 32.1. The maximum atomic E-state index is 12.8. The number of aliphatic carboxylic acids is 1. The van der Waals surface area contributed by atoms with Gasteiger partial charge in [0, 0.05) is 12.8 Å². The van der Waals surface area contributed by atoms with Crippen LogP contribution in [0.1, 0.15) is 277 Å². The average molecular weight is 938 g/mol. The minimum atomic E-state index is -1.51. The van der Waals surface area contributed by atoms with Crippen molar-refractivity contribution in [3.63, 3.8) is 0 Å². The fourth-order valence-corrected chi connectivity index (χ4v) is 8.36. The van der Waals surface area contributed by atoms with E-state index in [1.165, 1.54) is 199 Å². The molecule has 390 valence electrons. The normalized spacial score (nSPS) is 12.8. The number of carbonyl (C=O) groups is 3. The Morgan fingerprint density at radius 2 is 0.773 bits per heavy atom. The second kappa shape index (κ2) is 49.5. The quantitative estimate of drug-likeness (QED) is 0.0211. The first kappa shape index (κ1) is 64.0. The number of rotatable bonds is 53. The summed E-state index contributed by atoms with van der Waals surface area (Å²) >= 11 is 0. The third kappa shape index (κ3) is 49.9. The highest BCUT2D eigenvalue weighted by molar-refractivity contribution is 5.71. The van der Waals surface area contributed by atoms with Crippen LogP contribution < -0.4 is 0 Å². The Bertz CT molecular complexity index is 1090. The number of hydrogen-bond acceptors (Lipinski definition) is 7. The molecule has 0 fully saturated rings. The summed E-state index contributed by atoms with van der Waals surface area (Å²) in [6.45, 7) is 4.92. The molecule has 66 heavy (non-hydrogen) atoms. The number of hydrogen-bond donors (Lipinski definition) is 1. The van der Waals surface area contributed by atoms with E-state index in [0.717, 1.165) is 51.4 Å². The first-order valence-electron chi connectivity index (χ1n) is 28.4. The van der Waals surface area contributed by atoms with Gasteiger partial charge in [-0.05, 0) is 38.5 Å². The fourth-order valence-electron chi connectivity index (χ4n) is 8.36. The van der Waals surface area contributed by atoms with Gasteiger partial charge in [0.15, 0.2) is 6.10 Å². The van der Waals surface area contributed by atoms with E-state index in [2.05, 4.69) is 26.0 Å². The molecule has 0 aliphatic carbocycles. The summed E-state index contributed by atoms with van der Waals surface area (Å²) in [4.78, 5) is 37.4. The van der Waals surface area contributed by atoms with Crippen LogP contribution in [-0.2, 0) is 33.3 Å². The van der Waals surface area contributed by atoms with Gasteiger partial charge in [-0.3, -0.25) is 9.59 Å². The lowest BCUT2D eigenvalue weighted by molar-refractivity contribution is -0.870. The standard InChI is InChI=1S/C57H109NO8/c1-6-8-10-12-14-16-18-20-22-24-26-27-28-29-30-32-33-35-37-39-41-43-45-47-54(59)64-51-53(52-65-57(56(61)62)63-50-49-58(3,4)5)66-55(60)48-46-44-42-40-38-36-34-31-25-23-21-19-17-15-13-11-9-7-2/h23,25,53,57H,6-22,24,26-52H2,1-5H3/p+1/b25-23-. The van der Waals surface area contributed by atoms with Crippen molar-refractivity contribution >= 4 is 17.9 Å². The van der Waals surface area contributed by atoms with Gasteiger partial charge in [-0.2, -0.15) is 0 Å². The number of quaternary nitrogens is 1. The predicted molar refractivity (Wildman–Crippen MR) is 277 cm³/mol. The van der Waals surface area contributed by atoms with Crippen molar-refractivity contribution in [3.8, 4) is 0 Å². The van der Waals surface area contributed by atoms with Crippen molar-refractivity contribution in [2.75, 3.05) is 47.5 Å². The highest BCUT2D eigenvalue weighted by atomic mass is 16.7. The molecule has 0 rings (SSSR count). The molecule has 0 radical (unpaired) electrons. The molecule has 0 aromatic carbocycles. The van der Waals surface area contributed by atoms with E-state index < -0.39 is 24.3 Å². The Hall–Kier alpha value is -1.97. The Morgan fingerprint density at radius 1 is 0.439 bits per heavy atom. The first-order valence-corrected chi connectivity index (χ1v) is 28.4. The number of likely N-dealkylation sites (N-methyl/N-ethyl adjacent to an activating group) is 1. The molecular weight excluding hydrogens is 827 g/mol. The zero-order valence-corrected chi connectivity index (χ0v) is 44.4. The number of unbranched alkanes of at least 4 members (excludes halogenated alkanes) is 36. The average Bonchev–Trinajstić information content (AvgIpc) is 3.28. The molecular formula is C57H110NO8+. The van der Waals surface area contributed by atoms with Crippen LogP contribution in [0.2, 0.25) is 0 Å². The van der Waals surface area contributed by atoms with Crippen molar-refractivity contribution in [3.05, 3.63) is 12.2 Å². The molecule has 0 aromatic heterocycles. The van der Waals surface area contributed by atoms with Gasteiger partial charge in [-0.15, -0.1) is 0 Å². The molecule has 0 bridgehead atoms. The molecule has 0 heterocycles. The molecule has 0 spiro atoms. The van der Waals surface area contributed by atoms with Gasteiger partial charge in [0.1, 0.15) is 13.2 Å². The van der Waals surface area contributed by atoms with Gasteiger partial charge >= 0.3 is 17.9 Å². The minimum Gasteiger partial charge on any atom is -0.477 e. The Labute approximate surface area is 408 Å². The van der Waals surface area contributed by atoms with Crippen molar-refractivity contribution in [2.45, 2.75) is 289 Å². The largest absolute Gasteiger partial charge is 0.477 e. The minimum absolute atomic E-state index is 0.177. The molecule has 0 aromatic rings. The fraction of sp³-hybridized carbons (Fsp3) is 0.912. The summed E-state index contributed by atoms with van der Waals surface area (Å²) < 4.78 is 22.9. The molecule has 0 saturated carbocycles. The third-order valence-corrected chi connectivity index (χ3v) is 12.8. The molecule has 9 nitrogen and oxygen atoms in total. The number of ether oxygens (including phenoxy) is 4. The number of carbonyl (C=O) groups excluding carboxylic acids is 2. The van der Waals surface area contributed by atoms with Crippen molar-refractivity contribution in [1.29, 1.82) is 0 Å². The summed E-state index contributed by atoms with van der Waals surface area (Å²) in [6.07, 6.45) is 52.8. The highest BCUT2D eigenvalue weighted by Crippen LogP contribution is 2.17. The summed E-state index contributed by atoms with van der Waals surface area (Å²) in [5.74, 6) is -1.99. The molecule has 2 unspecified atom stereocenters. The number of esters is 2. The monoisotopic (exact) mass is 937 g/mol. The van der Waals surface area contributed by atoms with E-state index in [-0.39, 0.29) is 32.2 Å². The zero-order chi connectivity index (χ0) is 48.4. The van der Waals surface area contributed by atoms with Gasteiger partial charge in [-0.25, -0.2) is 4.79 Å². The lowest BCUT2D eigenvalue weighted by atomic mass is 10.0. The van der Waals surface area contributed by atoms with Crippen LogP contribution in [0.4, 0.5) is 0 Å². The predicted octanol–water partition coefficient (Wildman–Crippen LogP) is 16.2. The maximum absolute atomic E-state index is 12.8. The SMILES string of the molecule is CCCCCCCCC/C=C\CCCCCCCCCC(=O)OC(COC(=O)CCCCCCCCCCCCCCCCCCCCCCCCC)COC(OCC[N+](C)(C)C)C(=O)O. The Kier molecular flexibility index (Phi) is 48.0. The van der Waals surface area contributed by atoms with Gasteiger partial charge in [-0.1, -0.05) is 238 Å². The molecule has 0 amide bonds. The summed E-state index contributed by atoms with van der Waals surface area (Å²) in [6, 6.07) is 0. The maximum Gasteiger partial charge on any atom is 0.361 e. The van der Waals surface area contributed by atoms with Gasteiger partial charge in [0.2, 0.25) is 0 Å². The second-order valence-electron chi connectivity index (χ2n) is 20.6. The van der Waals surface area contributed by atoms with Crippen molar-refractivity contribution < 1.29 is 42.9 Å². The number of carboxylic acids is 1. The summed E-state index contributed by atoms with van der Waals surface area (Å²) in [5.41, 5.74) is 0. The van der Waals surface area contributed by atoms with E-state index >= 15 is 0 Å². The van der Waals surface area contributed by atoms with Crippen LogP contribution in [0, 0.1) is 0 Å². The van der Waals surface area contributed by atoms with Gasteiger partial charge < -0.3 is 28.5 Å². The van der Waals surface area contributed by atoms with Crippen LogP contribution in [0.5, 0.6) is 0 Å². The lowest BCUT2D eigenvalue weighted by Crippen LogP contribution is -2.40. The summed E-state index contributed by atoms with van der Waals surface area (Å²) in [7, 11) is 5.97. The number of nitrogens with zero attached hydrogens (tertiary/aromatic N) is 1. The number of allylic oxidation sites excluding steroid dienone is 2. The van der Waals surface area contributed by atoms with Crippen LogP contribution in [0.3, 0.4) is 0 Å². The topological polar surface area (TPSA) is 108 Å². The van der Waals surface area contributed by atoms with Gasteiger partial charge in [0.25, 0.3) is 6.29 Å². The highest BCUT2D eigenvalue weighted by Gasteiger charge is 2.25. The van der Waals surface area contributed by atoms with Crippen LogP contribution >= 0.6 is 0 Å². The molecule has 0 aliphatic heterocycles. The Balaban J connectivity index is 4.22. The number of carboxylic acid groups (broad SMARTS) is 1. The smallest absolute Gasteiger partial charge is 0.361 e. The van der Waals surface area contributed by atoms with E-state index in [1.807, 2.05) is 21.1 Å². The molecule has 0 saturated heterocycles. The Morgan fingerprint density at radius 3 is 1.12 bits per heavy atom. The van der Waals surface area contributed by atoms with E-state index in [0.29, 0.717) is 17.4 Å². The van der Waals surface area contributed by atoms with Gasteiger partial charge in [0.05, 0.1) is 34.4 Å². The van der Waals surface area contributed by atoms with E-state index in [1.54, 1.807) is 0 Å². The molecule has 1 N–H and O–H groups in total.